The molecule has 2 N–H and O–H groups in total. The molecule has 0 aromatic rings. The van der Waals surface area contributed by atoms with Crippen molar-refractivity contribution in [1.29, 1.82) is 0 Å². The fourth-order valence-corrected chi connectivity index (χ4v) is 0.247. The van der Waals surface area contributed by atoms with Crippen molar-refractivity contribution >= 4 is 11.0 Å². The van der Waals surface area contributed by atoms with Crippen LogP contribution in [0.1, 0.15) is 0 Å². The lowest BCUT2D eigenvalue weighted by Gasteiger charge is -1.90. The number of alkyl halides is 1. The first kappa shape index (κ1) is 6.80. The molecule has 7 heavy (non-hydrogen) atoms. The molecule has 0 bridgehead atoms. The second-order valence-electron chi connectivity index (χ2n) is 0.680. The fraction of sp³-hybridized carbons (Fsp3) is 1.00. The van der Waals surface area contributed by atoms with Crippen LogP contribution in [0.4, 0.5) is 4.39 Å². The van der Waals surface area contributed by atoms with Crippen molar-refractivity contribution in [3.8, 4) is 0 Å². The lowest BCUT2D eigenvalue weighted by Crippen LogP contribution is -2.15. The van der Waals surface area contributed by atoms with Crippen LogP contribution in [0, 0.1) is 0 Å². The summed E-state index contributed by atoms with van der Waals surface area (Å²) in [6, 6.07) is 0. The van der Waals surface area contributed by atoms with Crippen molar-refractivity contribution in [3.63, 3.8) is 0 Å². The van der Waals surface area contributed by atoms with E-state index in [-0.39, 0.29) is 0 Å². The molecule has 0 saturated heterocycles. The molecule has 44 valence electrons. The van der Waals surface area contributed by atoms with E-state index in [0.717, 1.165) is 0 Å². The van der Waals surface area contributed by atoms with Gasteiger partial charge in [0.1, 0.15) is 0 Å². The van der Waals surface area contributed by atoms with Gasteiger partial charge in [-0.3, -0.25) is 5.73 Å². The van der Waals surface area contributed by atoms with Gasteiger partial charge in [0.05, 0.1) is 0 Å². The minimum atomic E-state index is -3.14. The normalized spacial score (nSPS) is 14.7. The number of nitrogens with two attached hydrogens (primary N) is 1. The Morgan fingerprint density at radius 1 is 1.71 bits per heavy atom. The molecule has 0 heterocycles. The molecule has 6 heteroatoms. The molecule has 0 spiro atoms. The molecule has 0 saturated carbocycles. The quantitative estimate of drug-likeness (QED) is 0.277. The van der Waals surface area contributed by atoms with Crippen LogP contribution in [0.15, 0.2) is 0 Å². The van der Waals surface area contributed by atoms with Gasteiger partial charge in [-0.05, 0) is 0 Å². The zero-order chi connectivity index (χ0) is 5.86. The van der Waals surface area contributed by atoms with E-state index in [1.807, 2.05) is 0 Å². The van der Waals surface area contributed by atoms with Crippen LogP contribution in [0.25, 0.3) is 0 Å². The number of thiol groups is 1. The molecule has 0 aromatic heterocycles. The summed E-state index contributed by atoms with van der Waals surface area (Å²) in [4.78, 5) is 0. The first-order valence-electron chi connectivity index (χ1n) is 1.33. The Morgan fingerprint density at radius 2 is 2.14 bits per heavy atom. The largest absolute Gasteiger partial charge is 0.278 e. The Hall–Kier alpha value is -0.200. The standard InChI is InChI=1S/CH4FNO3S/c2-1(3)6-7(4)5/h1,7H,3H2. The van der Waals surface area contributed by atoms with Crippen LogP contribution in [-0.2, 0) is 15.2 Å². The van der Waals surface area contributed by atoms with Gasteiger partial charge in [0.25, 0.3) is 17.5 Å². The van der Waals surface area contributed by atoms with E-state index in [1.165, 1.54) is 0 Å². The smallest absolute Gasteiger partial charge is 0.268 e. The number of rotatable bonds is 2. The van der Waals surface area contributed by atoms with Crippen LogP contribution in [0.2, 0.25) is 0 Å². The molecule has 0 fully saturated rings. The number of hydrogen-bond donors (Lipinski definition) is 2. The van der Waals surface area contributed by atoms with Crippen molar-refractivity contribution in [3.05, 3.63) is 0 Å². The van der Waals surface area contributed by atoms with Gasteiger partial charge in [-0.2, -0.15) is 4.39 Å². The van der Waals surface area contributed by atoms with E-state index in [4.69, 9.17) is 0 Å². The summed E-state index contributed by atoms with van der Waals surface area (Å²) >= 11 is 0. The molecule has 0 rings (SSSR count). The van der Waals surface area contributed by atoms with Gasteiger partial charge in [-0.1, -0.05) is 0 Å². The van der Waals surface area contributed by atoms with Crippen LogP contribution in [-0.4, -0.2) is 14.9 Å². The Morgan fingerprint density at radius 3 is 2.14 bits per heavy atom. The minimum absolute atomic E-state index is 2.22. The highest BCUT2D eigenvalue weighted by Crippen LogP contribution is 1.79. The molecule has 1 unspecified atom stereocenters. The summed E-state index contributed by atoms with van der Waals surface area (Å²) in [5.74, 6) is 0. The SMILES string of the molecule is NC(F)O[SH](=O)=O. The van der Waals surface area contributed by atoms with E-state index in [0.29, 0.717) is 0 Å². The lowest BCUT2D eigenvalue weighted by atomic mass is 11.3. The highest BCUT2D eigenvalue weighted by Gasteiger charge is 1.94. The van der Waals surface area contributed by atoms with Gasteiger partial charge in [-0.25, -0.2) is 12.6 Å². The summed E-state index contributed by atoms with van der Waals surface area (Å²) in [6.07, 6.45) is 0. The average molecular weight is 129 g/mol. The van der Waals surface area contributed by atoms with E-state index in [2.05, 4.69) is 9.92 Å². The molecule has 4 nitrogen and oxygen atoms in total. The Bertz CT molecular complexity index is 102. The van der Waals surface area contributed by atoms with E-state index in [1.54, 1.807) is 0 Å². The summed E-state index contributed by atoms with van der Waals surface area (Å²) in [6.45, 7) is -2.22. The van der Waals surface area contributed by atoms with Crippen LogP contribution >= 0.6 is 0 Å². The minimum Gasteiger partial charge on any atom is -0.278 e. The topological polar surface area (TPSA) is 69.4 Å². The van der Waals surface area contributed by atoms with Crippen molar-refractivity contribution < 1.29 is 17.0 Å². The highest BCUT2D eigenvalue weighted by atomic mass is 32.2. The van der Waals surface area contributed by atoms with Crippen LogP contribution in [0.5, 0.6) is 0 Å². The maximum atomic E-state index is 11.1. The predicted octanol–water partition coefficient (Wildman–Crippen LogP) is -1.26. The first-order chi connectivity index (χ1) is 3.13. The zero-order valence-corrected chi connectivity index (χ0v) is 4.10. The molecule has 0 aliphatic rings. The van der Waals surface area contributed by atoms with E-state index < -0.39 is 17.5 Å². The highest BCUT2D eigenvalue weighted by molar-refractivity contribution is 7.67. The maximum Gasteiger partial charge on any atom is 0.268 e. The Balaban J connectivity index is 3.32. The zero-order valence-electron chi connectivity index (χ0n) is 3.20. The van der Waals surface area contributed by atoms with Crippen molar-refractivity contribution in [1.82, 2.24) is 0 Å². The molecule has 0 aliphatic carbocycles. The molecule has 0 radical (unpaired) electrons. The average Bonchev–Trinajstić information content (AvgIpc) is 1.27. The van der Waals surface area contributed by atoms with Gasteiger partial charge in [0, 0.05) is 0 Å². The number of halogens is 1. The number of hydrogen-bond acceptors (Lipinski definition) is 4. The molecule has 0 aromatic carbocycles. The van der Waals surface area contributed by atoms with Gasteiger partial charge in [-0.15, -0.1) is 0 Å². The third-order valence-corrected chi connectivity index (χ3v) is 0.560. The maximum absolute atomic E-state index is 11.1. The molecular weight excluding hydrogens is 125 g/mol. The van der Waals surface area contributed by atoms with E-state index >= 15 is 0 Å². The van der Waals surface area contributed by atoms with E-state index in [9.17, 15) is 12.8 Å². The van der Waals surface area contributed by atoms with Gasteiger partial charge < -0.3 is 0 Å². The molecule has 1 atom stereocenters. The molecule has 0 aliphatic heterocycles. The Labute approximate surface area is 41.2 Å². The van der Waals surface area contributed by atoms with Gasteiger partial charge in [0.2, 0.25) is 0 Å². The summed E-state index contributed by atoms with van der Waals surface area (Å²) in [5, 5.41) is 0. The predicted molar refractivity (Wildman–Crippen MR) is 20.5 cm³/mol. The summed E-state index contributed by atoms with van der Waals surface area (Å²) < 4.78 is 33.0. The second-order valence-corrected chi connectivity index (χ2v) is 1.34. The molecule has 0 amide bonds. The third-order valence-electron chi connectivity index (χ3n) is 0.187. The summed E-state index contributed by atoms with van der Waals surface area (Å²) in [5.41, 5.74) is 4.22. The fourth-order valence-electron chi connectivity index (χ4n) is 0.0822. The van der Waals surface area contributed by atoms with Gasteiger partial charge >= 0.3 is 0 Å². The monoisotopic (exact) mass is 129 g/mol. The van der Waals surface area contributed by atoms with Crippen molar-refractivity contribution in [2.75, 3.05) is 0 Å². The Kier molecular flexibility index (Phi) is 2.81. The molecular formula is CH4FNO3S. The van der Waals surface area contributed by atoms with Crippen LogP contribution in [0.3, 0.4) is 0 Å². The van der Waals surface area contributed by atoms with Gasteiger partial charge in [0.15, 0.2) is 0 Å². The van der Waals surface area contributed by atoms with Crippen molar-refractivity contribution in [2.24, 2.45) is 5.73 Å². The first-order valence-corrected chi connectivity index (χ1v) is 2.43. The van der Waals surface area contributed by atoms with Crippen LogP contribution < -0.4 is 5.73 Å². The second kappa shape index (κ2) is 2.89. The lowest BCUT2D eigenvalue weighted by molar-refractivity contribution is 0.0871. The summed E-state index contributed by atoms with van der Waals surface area (Å²) in [7, 11) is -3.14. The third kappa shape index (κ3) is 5.80. The van der Waals surface area contributed by atoms with Crippen molar-refractivity contribution in [2.45, 2.75) is 6.48 Å².